The van der Waals surface area contributed by atoms with Gasteiger partial charge in [-0.3, -0.25) is 0 Å². The quantitative estimate of drug-likeness (QED) is 0.875. The Morgan fingerprint density at radius 2 is 2.04 bits per heavy atom. The minimum Gasteiger partial charge on any atom is -0.496 e. The fourth-order valence-electron chi connectivity index (χ4n) is 3.11. The number of fused-ring (bicyclic) bond motifs is 1. The van der Waals surface area contributed by atoms with Crippen LogP contribution in [0.25, 0.3) is 10.8 Å². The van der Waals surface area contributed by atoms with Gasteiger partial charge < -0.3 is 24.8 Å². The Morgan fingerprint density at radius 1 is 1.24 bits per heavy atom. The highest BCUT2D eigenvalue weighted by molar-refractivity contribution is 5.89. The molecule has 1 saturated heterocycles. The summed E-state index contributed by atoms with van der Waals surface area (Å²) in [5.74, 6) is 0.797. The van der Waals surface area contributed by atoms with E-state index < -0.39 is 0 Å². The Kier molecular flexibility index (Phi) is 5.40. The zero-order chi connectivity index (χ0) is 17.8. The summed E-state index contributed by atoms with van der Waals surface area (Å²) in [4.78, 5) is 12.3. The number of amides is 2. The minimum absolute atomic E-state index is 0.109. The Morgan fingerprint density at radius 3 is 2.80 bits per heavy atom. The third-order valence-corrected chi connectivity index (χ3v) is 4.56. The second-order valence-corrected chi connectivity index (χ2v) is 6.20. The van der Waals surface area contributed by atoms with Crippen LogP contribution in [-0.2, 0) is 9.47 Å². The highest BCUT2D eigenvalue weighted by atomic mass is 16.5. The molecule has 2 N–H and O–H groups in total. The standard InChI is InChI=1S/C19H24N2O4/c1-12(20-19(22)21-16-10-25-11-18(16)24-3)14-8-13-6-4-5-7-15(13)17(9-14)23-2/h4-9,12,16,18H,10-11H2,1-3H3,(H2,20,21,22)/t12?,16-,18+/m0/s1. The molecule has 1 unspecified atom stereocenters. The van der Waals surface area contributed by atoms with E-state index in [0.29, 0.717) is 13.2 Å². The third kappa shape index (κ3) is 3.86. The Bertz CT molecular complexity index is 749. The maximum Gasteiger partial charge on any atom is 0.315 e. The molecule has 6 heteroatoms. The van der Waals surface area contributed by atoms with Crippen molar-refractivity contribution in [1.82, 2.24) is 10.6 Å². The van der Waals surface area contributed by atoms with Gasteiger partial charge in [-0.2, -0.15) is 0 Å². The molecule has 0 radical (unpaired) electrons. The summed E-state index contributed by atoms with van der Waals surface area (Å²) < 4.78 is 16.2. The molecule has 3 rings (SSSR count). The van der Waals surface area contributed by atoms with Gasteiger partial charge in [0.2, 0.25) is 0 Å². The van der Waals surface area contributed by atoms with E-state index in [4.69, 9.17) is 14.2 Å². The molecule has 134 valence electrons. The summed E-state index contributed by atoms with van der Waals surface area (Å²) in [5, 5.41) is 8.01. The van der Waals surface area contributed by atoms with E-state index in [-0.39, 0.29) is 24.2 Å². The molecule has 0 saturated carbocycles. The van der Waals surface area contributed by atoms with Crippen molar-refractivity contribution in [3.05, 3.63) is 42.0 Å². The van der Waals surface area contributed by atoms with E-state index in [9.17, 15) is 4.79 Å². The van der Waals surface area contributed by atoms with Crippen LogP contribution >= 0.6 is 0 Å². The van der Waals surface area contributed by atoms with Gasteiger partial charge in [0.25, 0.3) is 0 Å². The molecular formula is C19H24N2O4. The highest BCUT2D eigenvalue weighted by Gasteiger charge is 2.29. The van der Waals surface area contributed by atoms with Gasteiger partial charge in [-0.1, -0.05) is 24.3 Å². The number of nitrogens with one attached hydrogen (secondary N) is 2. The lowest BCUT2D eigenvalue weighted by molar-refractivity contribution is 0.0744. The molecule has 3 atom stereocenters. The molecule has 1 aliphatic heterocycles. The van der Waals surface area contributed by atoms with Crippen molar-refractivity contribution in [1.29, 1.82) is 0 Å². The van der Waals surface area contributed by atoms with Gasteiger partial charge >= 0.3 is 6.03 Å². The summed E-state index contributed by atoms with van der Waals surface area (Å²) in [6, 6.07) is 11.5. The monoisotopic (exact) mass is 344 g/mol. The van der Waals surface area contributed by atoms with Gasteiger partial charge in [-0.05, 0) is 30.0 Å². The lowest BCUT2D eigenvalue weighted by Gasteiger charge is -2.21. The summed E-state index contributed by atoms with van der Waals surface area (Å²) in [5.41, 5.74) is 0.983. The van der Waals surface area contributed by atoms with Crippen LogP contribution in [-0.4, -0.2) is 45.6 Å². The fraction of sp³-hybridized carbons (Fsp3) is 0.421. The van der Waals surface area contributed by atoms with E-state index in [1.165, 1.54) is 0 Å². The lowest BCUT2D eigenvalue weighted by atomic mass is 10.0. The second kappa shape index (κ2) is 7.72. The normalized spacial score (nSPS) is 21.1. The van der Waals surface area contributed by atoms with Gasteiger partial charge in [0.1, 0.15) is 11.9 Å². The van der Waals surface area contributed by atoms with Crippen molar-refractivity contribution in [2.45, 2.75) is 25.1 Å². The molecule has 1 fully saturated rings. The summed E-state index contributed by atoms with van der Waals surface area (Å²) in [6.45, 7) is 2.91. The molecule has 2 aromatic carbocycles. The maximum atomic E-state index is 12.3. The molecule has 0 spiro atoms. The Hall–Kier alpha value is -2.31. The fourth-order valence-corrected chi connectivity index (χ4v) is 3.11. The summed E-state index contributed by atoms with van der Waals surface area (Å²) in [7, 11) is 3.28. The Balaban J connectivity index is 1.71. The zero-order valence-corrected chi connectivity index (χ0v) is 14.7. The van der Waals surface area contributed by atoms with E-state index in [1.54, 1.807) is 14.2 Å². The van der Waals surface area contributed by atoms with Crippen LogP contribution in [0.5, 0.6) is 5.75 Å². The van der Waals surface area contributed by atoms with E-state index in [1.807, 2.05) is 37.3 Å². The van der Waals surface area contributed by atoms with Crippen LogP contribution in [0.4, 0.5) is 4.79 Å². The smallest absolute Gasteiger partial charge is 0.315 e. The van der Waals surface area contributed by atoms with Crippen molar-refractivity contribution in [3.63, 3.8) is 0 Å². The number of hydrogen-bond acceptors (Lipinski definition) is 4. The van der Waals surface area contributed by atoms with E-state index >= 15 is 0 Å². The van der Waals surface area contributed by atoms with Gasteiger partial charge in [0.15, 0.2) is 0 Å². The first-order valence-electron chi connectivity index (χ1n) is 8.36. The van der Waals surface area contributed by atoms with Crippen molar-refractivity contribution < 1.29 is 19.0 Å². The maximum absolute atomic E-state index is 12.3. The van der Waals surface area contributed by atoms with Gasteiger partial charge in [-0.25, -0.2) is 4.79 Å². The van der Waals surface area contributed by atoms with E-state index in [2.05, 4.69) is 16.7 Å². The molecule has 0 bridgehead atoms. The first-order valence-corrected chi connectivity index (χ1v) is 8.36. The predicted octanol–water partition coefficient (Wildman–Crippen LogP) is 2.62. The van der Waals surface area contributed by atoms with Crippen molar-refractivity contribution >= 4 is 16.8 Å². The van der Waals surface area contributed by atoms with Gasteiger partial charge in [-0.15, -0.1) is 0 Å². The molecule has 2 aromatic rings. The van der Waals surface area contributed by atoms with Crippen LogP contribution in [0.3, 0.4) is 0 Å². The number of urea groups is 1. The molecule has 0 aliphatic carbocycles. The molecule has 2 amide bonds. The molecule has 1 aliphatic rings. The number of hydrogen-bond donors (Lipinski definition) is 2. The van der Waals surface area contributed by atoms with Crippen molar-refractivity contribution in [3.8, 4) is 5.75 Å². The number of benzene rings is 2. The first kappa shape index (κ1) is 17.5. The van der Waals surface area contributed by atoms with Crippen molar-refractivity contribution in [2.75, 3.05) is 27.4 Å². The molecule has 0 aromatic heterocycles. The molecule has 25 heavy (non-hydrogen) atoms. The number of ether oxygens (including phenoxy) is 3. The summed E-state index contributed by atoms with van der Waals surface area (Å²) in [6.07, 6.45) is -0.109. The Labute approximate surface area is 147 Å². The average molecular weight is 344 g/mol. The van der Waals surface area contributed by atoms with Gasteiger partial charge in [0.05, 0.1) is 32.4 Å². The minimum atomic E-state index is -0.239. The van der Waals surface area contributed by atoms with E-state index in [0.717, 1.165) is 22.1 Å². The molecular weight excluding hydrogens is 320 g/mol. The molecule has 1 heterocycles. The van der Waals surface area contributed by atoms with Crippen LogP contribution < -0.4 is 15.4 Å². The van der Waals surface area contributed by atoms with Gasteiger partial charge in [0, 0.05) is 12.5 Å². The predicted molar refractivity (Wildman–Crippen MR) is 96.0 cm³/mol. The second-order valence-electron chi connectivity index (χ2n) is 6.20. The summed E-state index contributed by atoms with van der Waals surface area (Å²) >= 11 is 0. The van der Waals surface area contributed by atoms with Crippen LogP contribution in [0.1, 0.15) is 18.5 Å². The van der Waals surface area contributed by atoms with Crippen molar-refractivity contribution in [2.24, 2.45) is 0 Å². The van der Waals surface area contributed by atoms with Crippen LogP contribution in [0, 0.1) is 0 Å². The largest absolute Gasteiger partial charge is 0.496 e. The number of methoxy groups -OCH3 is 2. The SMILES string of the molecule is COc1cc(C(C)NC(=O)N[C@H]2COC[C@H]2OC)cc2ccccc12. The topological polar surface area (TPSA) is 68.8 Å². The first-order chi connectivity index (χ1) is 12.1. The number of carbonyl (C=O) groups is 1. The highest BCUT2D eigenvalue weighted by Crippen LogP contribution is 2.29. The number of carbonyl (C=O) groups excluding carboxylic acids is 1. The lowest BCUT2D eigenvalue weighted by Crippen LogP contribution is -2.48. The van der Waals surface area contributed by atoms with Crippen LogP contribution in [0.2, 0.25) is 0 Å². The zero-order valence-electron chi connectivity index (χ0n) is 14.7. The number of rotatable bonds is 5. The third-order valence-electron chi connectivity index (χ3n) is 4.56. The van der Waals surface area contributed by atoms with Crippen LogP contribution in [0.15, 0.2) is 36.4 Å². The molecule has 6 nitrogen and oxygen atoms in total. The average Bonchev–Trinajstić information content (AvgIpc) is 3.07.